The zero-order valence-corrected chi connectivity index (χ0v) is 5.31. The second kappa shape index (κ2) is 2.49. The van der Waals surface area contributed by atoms with Crippen LogP contribution in [-0.4, -0.2) is 17.1 Å². The molecule has 0 aliphatic carbocycles. The smallest absolute Gasteiger partial charge is 0.144 e. The molecule has 0 spiro atoms. The molecule has 9 heavy (non-hydrogen) atoms. The van der Waals surface area contributed by atoms with Gasteiger partial charge in [0.2, 0.25) is 0 Å². The average Bonchev–Trinajstić information content (AvgIpc) is 1.89. The quantitative estimate of drug-likeness (QED) is 0.279. The van der Waals surface area contributed by atoms with E-state index in [1.54, 1.807) is 24.3 Å². The van der Waals surface area contributed by atoms with Crippen LogP contribution in [0.1, 0.15) is 0 Å². The van der Waals surface area contributed by atoms with E-state index in [0.717, 1.165) is 0 Å². The highest BCUT2D eigenvalue weighted by atomic mass is 32.1. The Morgan fingerprint density at radius 3 is 2.89 bits per heavy atom. The first-order valence-electron chi connectivity index (χ1n) is 2.35. The highest BCUT2D eigenvalue weighted by Crippen LogP contribution is 2.00. The van der Waals surface area contributed by atoms with Crippen molar-refractivity contribution in [2.75, 3.05) is 0 Å². The summed E-state index contributed by atoms with van der Waals surface area (Å²) in [7, 11) is 0. The van der Waals surface area contributed by atoms with Gasteiger partial charge in [-0.05, 0) is 12.2 Å². The lowest BCUT2D eigenvalue weighted by Gasteiger charge is -1.94. The monoisotopic (exact) mass is 137 g/mol. The summed E-state index contributed by atoms with van der Waals surface area (Å²) < 4.78 is 0. The fourth-order valence-electron chi connectivity index (χ4n) is 0.468. The van der Waals surface area contributed by atoms with Crippen LogP contribution < -0.4 is 0 Å². The summed E-state index contributed by atoms with van der Waals surface area (Å²) in [6.45, 7) is 0. The molecule has 0 aromatic rings. The minimum atomic E-state index is 0.313. The van der Waals surface area contributed by atoms with Crippen molar-refractivity contribution >= 4 is 29.4 Å². The Morgan fingerprint density at radius 2 is 2.44 bits per heavy atom. The van der Waals surface area contributed by atoms with E-state index < -0.39 is 0 Å². The second-order valence-corrected chi connectivity index (χ2v) is 1.84. The number of aliphatic imine (C=N–C) groups is 1. The van der Waals surface area contributed by atoms with Crippen LogP contribution in [0.25, 0.3) is 0 Å². The molecule has 1 rings (SSSR count). The van der Waals surface area contributed by atoms with E-state index in [2.05, 4.69) is 17.2 Å². The molecule has 1 aliphatic heterocycles. The van der Waals surface area contributed by atoms with E-state index in [-0.39, 0.29) is 0 Å². The van der Waals surface area contributed by atoms with E-state index in [1.165, 1.54) is 0 Å². The summed E-state index contributed by atoms with van der Waals surface area (Å²) in [5.74, 6) is 1.68. The second-order valence-electron chi connectivity index (χ2n) is 1.46. The molecule has 1 heterocycles. The third kappa shape index (κ3) is 1.19. The summed E-state index contributed by atoms with van der Waals surface area (Å²) in [6, 6.07) is 0. The largest absolute Gasteiger partial charge is 0.244 e. The zero-order chi connectivity index (χ0) is 6.69. The van der Waals surface area contributed by atoms with Gasteiger partial charge in [0.1, 0.15) is 10.9 Å². The summed E-state index contributed by atoms with van der Waals surface area (Å²) in [6.07, 6.45) is 4.78. The fraction of sp³-hybridized carbons (Fsp3) is 0. The molecule has 2 nitrogen and oxygen atoms in total. The molecule has 0 aromatic heterocycles. The Bertz CT molecular complexity index is 246. The molecule has 0 unspecified atom stereocenters. The van der Waals surface area contributed by atoms with Gasteiger partial charge in [0.15, 0.2) is 0 Å². The normalized spacial score (nSPS) is 16.0. The lowest BCUT2D eigenvalue weighted by Crippen LogP contribution is -1.97. The average molecular weight is 137 g/mol. The van der Waals surface area contributed by atoms with Crippen LogP contribution in [0.2, 0.25) is 0 Å². The molecule has 0 fully saturated rings. The van der Waals surface area contributed by atoms with E-state index >= 15 is 0 Å². The van der Waals surface area contributed by atoms with Crippen LogP contribution in [0.4, 0.5) is 0 Å². The minimum Gasteiger partial charge on any atom is -0.244 e. The predicted octanol–water partition coefficient (Wildman–Crippen LogP) is 0.712. The number of allylic oxidation sites excluding steroid dienone is 1. The number of nitrogens with zero attached hydrogens (tertiary/aromatic N) is 1. The van der Waals surface area contributed by atoms with E-state index in [1.807, 2.05) is 0 Å². The SMILES string of the molecule is O=C=C1C=CC=NC1=S. The summed E-state index contributed by atoms with van der Waals surface area (Å²) in [4.78, 5) is 14.0. The molecule has 0 saturated carbocycles. The molecule has 0 aromatic carbocycles. The van der Waals surface area contributed by atoms with Gasteiger partial charge in [-0.15, -0.1) is 0 Å². The lowest BCUT2D eigenvalue weighted by atomic mass is 10.2. The highest BCUT2D eigenvalue weighted by molar-refractivity contribution is 7.80. The molecule has 0 amide bonds. The van der Waals surface area contributed by atoms with Gasteiger partial charge >= 0.3 is 0 Å². The van der Waals surface area contributed by atoms with Crippen molar-refractivity contribution in [3.63, 3.8) is 0 Å². The Morgan fingerprint density at radius 1 is 1.67 bits per heavy atom. The molecular formula is C6H3NOS. The molecule has 0 atom stereocenters. The van der Waals surface area contributed by atoms with Crippen LogP contribution in [0.15, 0.2) is 22.7 Å². The number of rotatable bonds is 0. The van der Waals surface area contributed by atoms with Crippen molar-refractivity contribution in [3.8, 4) is 0 Å². The van der Waals surface area contributed by atoms with Crippen molar-refractivity contribution in [3.05, 3.63) is 17.7 Å². The Hall–Kier alpha value is -1.05. The molecule has 0 bridgehead atoms. The highest BCUT2D eigenvalue weighted by Gasteiger charge is 2.01. The third-order valence-corrected chi connectivity index (χ3v) is 1.21. The van der Waals surface area contributed by atoms with E-state index in [0.29, 0.717) is 10.6 Å². The molecule has 0 saturated heterocycles. The summed E-state index contributed by atoms with van der Waals surface area (Å²) in [5.41, 5.74) is 0.354. The van der Waals surface area contributed by atoms with Crippen molar-refractivity contribution in [1.82, 2.24) is 0 Å². The van der Waals surface area contributed by atoms with Crippen molar-refractivity contribution in [2.24, 2.45) is 4.99 Å². The third-order valence-electron chi connectivity index (χ3n) is 0.881. The zero-order valence-electron chi connectivity index (χ0n) is 4.50. The van der Waals surface area contributed by atoms with Gasteiger partial charge in [0.25, 0.3) is 0 Å². The van der Waals surface area contributed by atoms with Gasteiger partial charge in [-0.25, -0.2) is 9.79 Å². The van der Waals surface area contributed by atoms with Crippen LogP contribution >= 0.6 is 12.2 Å². The molecule has 0 N–H and O–H groups in total. The molecule has 3 heteroatoms. The van der Waals surface area contributed by atoms with Gasteiger partial charge in [-0.1, -0.05) is 12.2 Å². The van der Waals surface area contributed by atoms with Crippen LogP contribution in [-0.2, 0) is 4.79 Å². The fourth-order valence-corrected chi connectivity index (χ4v) is 0.639. The lowest BCUT2D eigenvalue weighted by molar-refractivity contribution is 0.568. The number of carbonyl (C=O) groups excluding carboxylic acids is 1. The maximum Gasteiger partial charge on any atom is 0.144 e. The molecule has 44 valence electrons. The maximum atomic E-state index is 10.00. The van der Waals surface area contributed by atoms with Crippen LogP contribution in [0.3, 0.4) is 0 Å². The number of thiocarbonyl (C=S) groups is 1. The topological polar surface area (TPSA) is 29.4 Å². The van der Waals surface area contributed by atoms with Gasteiger partial charge in [0, 0.05) is 6.21 Å². The van der Waals surface area contributed by atoms with Gasteiger partial charge in [0.05, 0.1) is 5.57 Å². The standard InChI is InChI=1S/C6H3NOS/c8-4-5-2-1-3-7-6(5)9/h1-3H. The van der Waals surface area contributed by atoms with Crippen molar-refractivity contribution in [2.45, 2.75) is 0 Å². The summed E-state index contributed by atoms with van der Waals surface area (Å²) in [5, 5.41) is 0. The number of hydrogen-bond acceptors (Lipinski definition) is 2. The first-order chi connectivity index (χ1) is 4.34. The van der Waals surface area contributed by atoms with E-state index in [4.69, 9.17) is 0 Å². The minimum absolute atomic E-state index is 0.313. The van der Waals surface area contributed by atoms with Gasteiger partial charge in [-0.3, -0.25) is 0 Å². The first-order valence-corrected chi connectivity index (χ1v) is 2.75. The Labute approximate surface area is 57.6 Å². The van der Waals surface area contributed by atoms with Crippen molar-refractivity contribution in [1.29, 1.82) is 0 Å². The first kappa shape index (κ1) is 6.08. The predicted molar refractivity (Wildman–Crippen MR) is 39.4 cm³/mol. The van der Waals surface area contributed by atoms with Crippen LogP contribution in [0.5, 0.6) is 0 Å². The molecule has 0 radical (unpaired) electrons. The van der Waals surface area contributed by atoms with Gasteiger partial charge < -0.3 is 0 Å². The van der Waals surface area contributed by atoms with Crippen LogP contribution in [0, 0.1) is 0 Å². The Balaban J connectivity index is 3.04. The molecule has 1 aliphatic rings. The van der Waals surface area contributed by atoms with Crippen molar-refractivity contribution < 1.29 is 4.79 Å². The maximum absolute atomic E-state index is 10.00. The summed E-state index contributed by atoms with van der Waals surface area (Å²) >= 11 is 4.68. The van der Waals surface area contributed by atoms with Gasteiger partial charge in [-0.2, -0.15) is 0 Å². The number of hydrogen-bond donors (Lipinski definition) is 0. The Kier molecular flexibility index (Phi) is 1.68. The molecular weight excluding hydrogens is 134 g/mol. The van der Waals surface area contributed by atoms with E-state index in [9.17, 15) is 4.79 Å². The number of dihydropyridines is 1.